The van der Waals surface area contributed by atoms with Crippen LogP contribution in [0, 0.1) is 12.8 Å². The molecule has 0 aromatic carbocycles. The molecule has 1 aliphatic rings. The van der Waals surface area contributed by atoms with Gasteiger partial charge in [-0.15, -0.1) is 0 Å². The Morgan fingerprint density at radius 3 is 2.75 bits per heavy atom. The number of nitrogens with one attached hydrogen (secondary N) is 1. The van der Waals surface area contributed by atoms with E-state index in [2.05, 4.69) is 34.0 Å². The minimum atomic E-state index is -0.0973. The lowest BCUT2D eigenvalue weighted by Crippen LogP contribution is -2.31. The van der Waals surface area contributed by atoms with Crippen LogP contribution in [0.3, 0.4) is 0 Å². The number of rotatable bonds is 5. The minimum Gasteiger partial charge on any atom is -0.442 e. The second-order valence-corrected chi connectivity index (χ2v) is 6.90. The van der Waals surface area contributed by atoms with Crippen molar-refractivity contribution >= 4 is 22.8 Å². The molecule has 130 valence electrons. The van der Waals surface area contributed by atoms with Gasteiger partial charge >= 0.3 is 0 Å². The lowest BCUT2D eigenvalue weighted by molar-refractivity contribution is 0.0952. The van der Waals surface area contributed by atoms with E-state index in [4.69, 9.17) is 4.42 Å². The van der Waals surface area contributed by atoms with Crippen LogP contribution in [0.1, 0.15) is 55.6 Å². The Hall–Kier alpha value is -2.11. The molecule has 24 heavy (non-hydrogen) atoms. The molecule has 6 nitrogen and oxygen atoms in total. The first-order valence-corrected chi connectivity index (χ1v) is 8.85. The highest BCUT2D eigenvalue weighted by atomic mass is 16.3. The highest BCUT2D eigenvalue weighted by Crippen LogP contribution is 2.32. The van der Waals surface area contributed by atoms with Crippen molar-refractivity contribution < 1.29 is 9.21 Å². The molecule has 0 radical (unpaired) electrons. The standard InChI is InChI=1S/C18H26N4O2/c1-12(2)7-8-19-17(23)14-13(3)24-18-15(14)16(20-11-21-18)22-9-5-4-6-10-22/h11-12H,4-10H2,1-3H3,(H,19,23). The van der Waals surface area contributed by atoms with Crippen LogP contribution in [0.25, 0.3) is 11.1 Å². The third kappa shape index (κ3) is 3.37. The fourth-order valence-electron chi connectivity index (χ4n) is 3.21. The Balaban J connectivity index is 1.94. The van der Waals surface area contributed by atoms with Gasteiger partial charge in [0.25, 0.3) is 5.91 Å². The predicted molar refractivity (Wildman–Crippen MR) is 94.4 cm³/mol. The topological polar surface area (TPSA) is 71.3 Å². The number of aryl methyl sites for hydroxylation is 1. The zero-order valence-corrected chi connectivity index (χ0v) is 14.8. The maximum atomic E-state index is 12.7. The van der Waals surface area contributed by atoms with Crippen molar-refractivity contribution in [1.29, 1.82) is 0 Å². The van der Waals surface area contributed by atoms with Crippen molar-refractivity contribution in [2.75, 3.05) is 24.5 Å². The maximum Gasteiger partial charge on any atom is 0.255 e. The third-order valence-electron chi connectivity index (χ3n) is 4.53. The molecule has 0 saturated carbocycles. The summed E-state index contributed by atoms with van der Waals surface area (Å²) in [6, 6.07) is 0. The number of aromatic nitrogens is 2. The molecule has 0 unspecified atom stereocenters. The van der Waals surface area contributed by atoms with E-state index in [0.29, 0.717) is 29.5 Å². The van der Waals surface area contributed by atoms with Gasteiger partial charge in [-0.25, -0.2) is 9.97 Å². The Morgan fingerprint density at radius 1 is 1.29 bits per heavy atom. The molecule has 3 rings (SSSR count). The molecule has 0 aliphatic carbocycles. The van der Waals surface area contributed by atoms with Crippen LogP contribution in [0.5, 0.6) is 0 Å². The number of furan rings is 1. The van der Waals surface area contributed by atoms with Crippen molar-refractivity contribution in [3.05, 3.63) is 17.7 Å². The maximum absolute atomic E-state index is 12.7. The Kier molecular flexibility index (Phi) is 5.02. The molecule has 1 aliphatic heterocycles. The average molecular weight is 330 g/mol. The number of fused-ring (bicyclic) bond motifs is 1. The van der Waals surface area contributed by atoms with Crippen molar-refractivity contribution in [2.24, 2.45) is 5.92 Å². The molecule has 0 bridgehead atoms. The van der Waals surface area contributed by atoms with Crippen LogP contribution >= 0.6 is 0 Å². The van der Waals surface area contributed by atoms with E-state index >= 15 is 0 Å². The summed E-state index contributed by atoms with van der Waals surface area (Å²) in [6.45, 7) is 8.70. The fourth-order valence-corrected chi connectivity index (χ4v) is 3.21. The van der Waals surface area contributed by atoms with E-state index in [9.17, 15) is 4.79 Å². The summed E-state index contributed by atoms with van der Waals surface area (Å²) in [5.41, 5.74) is 1.08. The lowest BCUT2D eigenvalue weighted by atomic mass is 10.1. The Morgan fingerprint density at radius 2 is 2.04 bits per heavy atom. The van der Waals surface area contributed by atoms with Crippen molar-refractivity contribution in [3.8, 4) is 0 Å². The largest absolute Gasteiger partial charge is 0.442 e. The molecule has 1 saturated heterocycles. The van der Waals surface area contributed by atoms with Crippen LogP contribution in [0.4, 0.5) is 5.82 Å². The third-order valence-corrected chi connectivity index (χ3v) is 4.53. The quantitative estimate of drug-likeness (QED) is 0.911. The van der Waals surface area contributed by atoms with Gasteiger partial charge in [-0.2, -0.15) is 0 Å². The molecule has 3 heterocycles. The number of hydrogen-bond acceptors (Lipinski definition) is 5. The van der Waals surface area contributed by atoms with Gasteiger partial charge in [-0.05, 0) is 38.5 Å². The summed E-state index contributed by atoms with van der Waals surface area (Å²) in [7, 11) is 0. The number of carbonyl (C=O) groups excluding carboxylic acids is 1. The molecule has 1 N–H and O–H groups in total. The van der Waals surface area contributed by atoms with Crippen LogP contribution in [0.15, 0.2) is 10.7 Å². The van der Waals surface area contributed by atoms with Crippen LogP contribution in [-0.4, -0.2) is 35.5 Å². The minimum absolute atomic E-state index is 0.0973. The van der Waals surface area contributed by atoms with Gasteiger partial charge in [0, 0.05) is 19.6 Å². The Labute approximate surface area is 142 Å². The fraction of sp³-hybridized carbons (Fsp3) is 0.611. The van der Waals surface area contributed by atoms with Crippen LogP contribution in [0.2, 0.25) is 0 Å². The summed E-state index contributed by atoms with van der Waals surface area (Å²) >= 11 is 0. The lowest BCUT2D eigenvalue weighted by Gasteiger charge is -2.28. The van der Waals surface area contributed by atoms with E-state index in [0.717, 1.165) is 43.6 Å². The summed E-state index contributed by atoms with van der Waals surface area (Å²) in [5, 5.41) is 3.76. The molecule has 0 atom stereocenters. The first-order chi connectivity index (χ1) is 11.6. The number of hydrogen-bond donors (Lipinski definition) is 1. The molecule has 2 aromatic rings. The monoisotopic (exact) mass is 330 g/mol. The average Bonchev–Trinajstić information content (AvgIpc) is 2.91. The normalized spacial score (nSPS) is 15.2. The molecule has 1 amide bonds. The van der Waals surface area contributed by atoms with Gasteiger partial charge in [0.15, 0.2) is 0 Å². The molecule has 1 fully saturated rings. The van der Waals surface area contributed by atoms with E-state index in [1.165, 1.54) is 12.7 Å². The van der Waals surface area contributed by atoms with E-state index < -0.39 is 0 Å². The zero-order chi connectivity index (χ0) is 17.1. The molecule has 0 spiro atoms. The number of piperidine rings is 1. The molecule has 2 aromatic heterocycles. The zero-order valence-electron chi connectivity index (χ0n) is 14.8. The number of amides is 1. The van der Waals surface area contributed by atoms with Gasteiger partial charge in [0.05, 0.1) is 10.9 Å². The van der Waals surface area contributed by atoms with Gasteiger partial charge in [0.2, 0.25) is 5.71 Å². The second-order valence-electron chi connectivity index (χ2n) is 6.90. The van der Waals surface area contributed by atoms with Crippen LogP contribution < -0.4 is 10.2 Å². The molecule has 6 heteroatoms. The number of anilines is 1. The second kappa shape index (κ2) is 7.20. The van der Waals surface area contributed by atoms with Crippen molar-refractivity contribution in [1.82, 2.24) is 15.3 Å². The first-order valence-electron chi connectivity index (χ1n) is 8.85. The summed E-state index contributed by atoms with van der Waals surface area (Å²) in [5.74, 6) is 1.89. The van der Waals surface area contributed by atoms with Crippen molar-refractivity contribution in [3.63, 3.8) is 0 Å². The summed E-state index contributed by atoms with van der Waals surface area (Å²) < 4.78 is 5.74. The SMILES string of the molecule is Cc1oc2ncnc(N3CCCCC3)c2c1C(=O)NCCC(C)C. The molecular formula is C18H26N4O2. The van der Waals surface area contributed by atoms with Crippen LogP contribution in [-0.2, 0) is 0 Å². The van der Waals surface area contributed by atoms with Gasteiger partial charge < -0.3 is 14.6 Å². The number of nitrogens with zero attached hydrogens (tertiary/aromatic N) is 3. The van der Waals surface area contributed by atoms with E-state index in [1.54, 1.807) is 0 Å². The highest BCUT2D eigenvalue weighted by Gasteiger charge is 2.25. The first kappa shape index (κ1) is 16.7. The van der Waals surface area contributed by atoms with Gasteiger partial charge in [0.1, 0.15) is 17.9 Å². The predicted octanol–water partition coefficient (Wildman–Crippen LogP) is 3.30. The summed E-state index contributed by atoms with van der Waals surface area (Å²) in [6.07, 6.45) is 6.03. The van der Waals surface area contributed by atoms with Crippen molar-refractivity contribution in [2.45, 2.75) is 46.5 Å². The Bertz CT molecular complexity index is 717. The smallest absolute Gasteiger partial charge is 0.255 e. The van der Waals surface area contributed by atoms with E-state index in [1.807, 2.05) is 6.92 Å². The molecular weight excluding hydrogens is 304 g/mol. The number of carbonyl (C=O) groups is 1. The summed E-state index contributed by atoms with van der Waals surface area (Å²) in [4.78, 5) is 23.7. The highest BCUT2D eigenvalue weighted by molar-refractivity contribution is 6.10. The van der Waals surface area contributed by atoms with E-state index in [-0.39, 0.29) is 5.91 Å². The van der Waals surface area contributed by atoms with Gasteiger partial charge in [-0.1, -0.05) is 13.8 Å². The van der Waals surface area contributed by atoms with Gasteiger partial charge in [-0.3, -0.25) is 4.79 Å².